The fraction of sp³-hybridized carbons (Fsp3) is 0.250. The van der Waals surface area contributed by atoms with Crippen molar-refractivity contribution in [2.75, 3.05) is 7.05 Å². The van der Waals surface area contributed by atoms with Crippen LogP contribution in [0.5, 0.6) is 0 Å². The van der Waals surface area contributed by atoms with Gasteiger partial charge in [-0.15, -0.1) is 0 Å². The number of aryl methyl sites for hydroxylation is 1. The molecule has 1 N–H and O–H groups in total. The Morgan fingerprint density at radius 1 is 1.33 bits per heavy atom. The van der Waals surface area contributed by atoms with Crippen molar-refractivity contribution in [3.05, 3.63) is 51.5 Å². The van der Waals surface area contributed by atoms with E-state index in [-0.39, 0.29) is 11.9 Å². The number of hydrogen-bond donors (Lipinski definition) is 1. The zero-order valence-electron chi connectivity index (χ0n) is 9.92. The van der Waals surface area contributed by atoms with E-state index in [2.05, 4.69) is 10.4 Å². The fourth-order valence-electron chi connectivity index (χ4n) is 1.92. The van der Waals surface area contributed by atoms with Crippen LogP contribution < -0.4 is 5.32 Å². The van der Waals surface area contributed by atoms with Gasteiger partial charge in [0, 0.05) is 12.1 Å². The van der Waals surface area contributed by atoms with Gasteiger partial charge in [-0.3, -0.25) is 4.68 Å². The largest absolute Gasteiger partial charge is 0.308 e. The van der Waals surface area contributed by atoms with E-state index in [0.29, 0.717) is 10.0 Å². The molecule has 3 nitrogen and oxygen atoms in total. The van der Waals surface area contributed by atoms with Gasteiger partial charge in [0.15, 0.2) is 0 Å². The maximum atomic E-state index is 13.1. The van der Waals surface area contributed by atoms with E-state index in [0.717, 1.165) is 11.3 Å². The lowest BCUT2D eigenvalue weighted by Crippen LogP contribution is -2.21. The Labute approximate surface area is 115 Å². The number of halogens is 3. The van der Waals surface area contributed by atoms with Crippen molar-refractivity contribution >= 4 is 23.2 Å². The topological polar surface area (TPSA) is 29.9 Å². The second kappa shape index (κ2) is 5.26. The molecule has 0 bridgehead atoms. The Hall–Kier alpha value is -1.10. The summed E-state index contributed by atoms with van der Waals surface area (Å²) in [6, 6.07) is 4.06. The minimum absolute atomic E-state index is 0.238. The van der Waals surface area contributed by atoms with Crippen molar-refractivity contribution < 1.29 is 4.39 Å². The first-order valence-electron chi connectivity index (χ1n) is 5.34. The molecule has 6 heteroatoms. The molecule has 0 saturated carbocycles. The van der Waals surface area contributed by atoms with Crippen LogP contribution in [0, 0.1) is 5.82 Å². The summed E-state index contributed by atoms with van der Waals surface area (Å²) >= 11 is 12.2. The monoisotopic (exact) mass is 287 g/mol. The highest BCUT2D eigenvalue weighted by Gasteiger charge is 2.21. The third-order valence-electron chi connectivity index (χ3n) is 2.77. The third kappa shape index (κ3) is 2.36. The maximum Gasteiger partial charge on any atom is 0.124 e. The fourth-order valence-corrected chi connectivity index (χ4v) is 2.47. The molecule has 0 spiro atoms. The molecule has 2 aromatic rings. The van der Waals surface area contributed by atoms with Gasteiger partial charge < -0.3 is 5.32 Å². The summed E-state index contributed by atoms with van der Waals surface area (Å²) in [6.07, 6.45) is 1.57. The number of nitrogens with zero attached hydrogens (tertiary/aromatic N) is 2. The van der Waals surface area contributed by atoms with Crippen molar-refractivity contribution in [3.8, 4) is 0 Å². The molecule has 18 heavy (non-hydrogen) atoms. The molecule has 0 aliphatic carbocycles. The van der Waals surface area contributed by atoms with Crippen LogP contribution in [0.2, 0.25) is 10.0 Å². The van der Waals surface area contributed by atoms with Crippen LogP contribution in [0.15, 0.2) is 24.4 Å². The number of benzene rings is 1. The molecule has 0 saturated heterocycles. The van der Waals surface area contributed by atoms with Crippen molar-refractivity contribution in [1.82, 2.24) is 15.1 Å². The number of aromatic nitrogens is 2. The summed E-state index contributed by atoms with van der Waals surface area (Å²) in [5.74, 6) is -0.366. The van der Waals surface area contributed by atoms with Gasteiger partial charge in [-0.1, -0.05) is 29.3 Å². The first-order valence-corrected chi connectivity index (χ1v) is 6.09. The quantitative estimate of drug-likeness (QED) is 0.940. The Bertz CT molecular complexity index is 549. The molecule has 1 atom stereocenters. The molecule has 0 aliphatic heterocycles. The lowest BCUT2D eigenvalue weighted by Gasteiger charge is -2.19. The average Bonchev–Trinajstić information content (AvgIpc) is 2.64. The second-order valence-corrected chi connectivity index (χ2v) is 4.70. The summed E-state index contributed by atoms with van der Waals surface area (Å²) in [6.45, 7) is 0. The van der Waals surface area contributed by atoms with Crippen molar-refractivity contribution in [1.29, 1.82) is 0 Å². The molecule has 1 aromatic heterocycles. The van der Waals surface area contributed by atoms with E-state index < -0.39 is 0 Å². The summed E-state index contributed by atoms with van der Waals surface area (Å²) in [4.78, 5) is 0. The molecule has 2 rings (SSSR count). The molecule has 0 aliphatic rings. The molecular weight excluding hydrogens is 276 g/mol. The minimum atomic E-state index is -0.366. The van der Waals surface area contributed by atoms with Crippen molar-refractivity contribution in [2.45, 2.75) is 6.04 Å². The molecule has 1 heterocycles. The zero-order chi connectivity index (χ0) is 13.3. The lowest BCUT2D eigenvalue weighted by molar-refractivity contribution is 0.600. The summed E-state index contributed by atoms with van der Waals surface area (Å²) in [5, 5.41) is 8.09. The molecule has 1 aromatic carbocycles. The molecule has 96 valence electrons. The van der Waals surface area contributed by atoms with Crippen LogP contribution in [0.4, 0.5) is 4.39 Å². The minimum Gasteiger partial charge on any atom is -0.308 e. The van der Waals surface area contributed by atoms with E-state index in [9.17, 15) is 4.39 Å². The van der Waals surface area contributed by atoms with Crippen LogP contribution in [0.3, 0.4) is 0 Å². The van der Waals surface area contributed by atoms with Gasteiger partial charge in [-0.2, -0.15) is 5.10 Å². The second-order valence-electron chi connectivity index (χ2n) is 3.89. The Kier molecular flexibility index (Phi) is 3.90. The molecule has 0 radical (unpaired) electrons. The highest BCUT2D eigenvalue weighted by molar-refractivity contribution is 6.32. The van der Waals surface area contributed by atoms with Crippen LogP contribution in [0.25, 0.3) is 0 Å². The van der Waals surface area contributed by atoms with Gasteiger partial charge in [-0.25, -0.2) is 4.39 Å². The molecular formula is C12H12Cl2FN3. The number of hydrogen-bond acceptors (Lipinski definition) is 2. The summed E-state index contributed by atoms with van der Waals surface area (Å²) < 4.78 is 14.7. The van der Waals surface area contributed by atoms with Crippen LogP contribution in [-0.4, -0.2) is 16.8 Å². The van der Waals surface area contributed by atoms with Gasteiger partial charge in [0.05, 0.1) is 23.0 Å². The normalized spacial score (nSPS) is 12.7. The predicted octanol–water partition coefficient (Wildman–Crippen LogP) is 3.17. The first kappa shape index (κ1) is 13.3. The first-order chi connectivity index (χ1) is 8.54. The van der Waals surface area contributed by atoms with Crippen LogP contribution in [0.1, 0.15) is 17.3 Å². The highest BCUT2D eigenvalue weighted by Crippen LogP contribution is 2.31. The van der Waals surface area contributed by atoms with Gasteiger partial charge in [0.25, 0.3) is 0 Å². The zero-order valence-corrected chi connectivity index (χ0v) is 11.4. The Balaban J connectivity index is 2.52. The van der Waals surface area contributed by atoms with Gasteiger partial charge in [0.1, 0.15) is 5.82 Å². The van der Waals surface area contributed by atoms with E-state index >= 15 is 0 Å². The molecule has 0 amide bonds. The van der Waals surface area contributed by atoms with Gasteiger partial charge in [0.2, 0.25) is 0 Å². The van der Waals surface area contributed by atoms with Gasteiger partial charge in [-0.05, 0) is 24.7 Å². The summed E-state index contributed by atoms with van der Waals surface area (Å²) in [5.41, 5.74) is 1.54. The van der Waals surface area contributed by atoms with E-state index in [4.69, 9.17) is 23.2 Å². The smallest absolute Gasteiger partial charge is 0.124 e. The van der Waals surface area contributed by atoms with E-state index in [1.165, 1.54) is 12.1 Å². The molecule has 0 fully saturated rings. The van der Waals surface area contributed by atoms with Crippen LogP contribution >= 0.6 is 23.2 Å². The number of rotatable bonds is 3. The maximum absolute atomic E-state index is 13.1. The van der Waals surface area contributed by atoms with Gasteiger partial charge >= 0.3 is 0 Å². The van der Waals surface area contributed by atoms with E-state index in [1.54, 1.807) is 31.0 Å². The third-order valence-corrected chi connectivity index (χ3v) is 3.39. The standard InChI is InChI=1S/C12H12Cl2FN3/c1-16-11(12-10(14)6-17-18(12)2)8-4-3-7(15)5-9(8)13/h3-6,11,16H,1-2H3. The SMILES string of the molecule is CNC(c1ccc(F)cc1Cl)c1c(Cl)cnn1C. The lowest BCUT2D eigenvalue weighted by atomic mass is 10.0. The number of nitrogens with one attached hydrogen (secondary N) is 1. The highest BCUT2D eigenvalue weighted by atomic mass is 35.5. The van der Waals surface area contributed by atoms with Crippen molar-refractivity contribution in [2.24, 2.45) is 7.05 Å². The van der Waals surface area contributed by atoms with E-state index in [1.807, 2.05) is 0 Å². The summed E-state index contributed by atoms with van der Waals surface area (Å²) in [7, 11) is 3.58. The Morgan fingerprint density at radius 2 is 2.06 bits per heavy atom. The van der Waals surface area contributed by atoms with Crippen LogP contribution in [-0.2, 0) is 7.05 Å². The average molecular weight is 288 g/mol. The predicted molar refractivity (Wildman–Crippen MR) is 70.5 cm³/mol. The molecule has 1 unspecified atom stereocenters. The van der Waals surface area contributed by atoms with Crippen molar-refractivity contribution in [3.63, 3.8) is 0 Å². The Morgan fingerprint density at radius 3 is 2.56 bits per heavy atom.